The first-order valence-electron chi connectivity index (χ1n) is 8.16. The Hall–Kier alpha value is -2.29. The van der Waals surface area contributed by atoms with Crippen molar-refractivity contribution >= 4 is 17.3 Å². The maximum Gasteiger partial charge on any atom is 0.249 e. The second kappa shape index (κ2) is 7.32. The summed E-state index contributed by atoms with van der Waals surface area (Å²) in [6.07, 6.45) is 2.19. The molecule has 2 aromatic rings. The minimum Gasteiger partial charge on any atom is -0.372 e. The van der Waals surface area contributed by atoms with E-state index in [1.807, 2.05) is 57.2 Å². The van der Waals surface area contributed by atoms with Crippen molar-refractivity contribution in [1.29, 1.82) is 0 Å². The van der Waals surface area contributed by atoms with E-state index in [1.54, 1.807) is 0 Å². The SMILES string of the molecule is CCCc1ccc(NC(=O)C(C)(C)Nc2ccc(C)cc2)cc1. The van der Waals surface area contributed by atoms with Crippen molar-refractivity contribution in [2.24, 2.45) is 0 Å². The van der Waals surface area contributed by atoms with Gasteiger partial charge in [-0.3, -0.25) is 4.79 Å². The zero-order valence-corrected chi connectivity index (χ0v) is 14.4. The zero-order valence-electron chi connectivity index (χ0n) is 14.4. The van der Waals surface area contributed by atoms with E-state index in [4.69, 9.17) is 0 Å². The summed E-state index contributed by atoms with van der Waals surface area (Å²) in [5.74, 6) is -0.0543. The van der Waals surface area contributed by atoms with Crippen molar-refractivity contribution < 1.29 is 4.79 Å². The third-order valence-corrected chi connectivity index (χ3v) is 3.83. The van der Waals surface area contributed by atoms with Gasteiger partial charge < -0.3 is 10.6 Å². The van der Waals surface area contributed by atoms with E-state index in [9.17, 15) is 4.79 Å². The monoisotopic (exact) mass is 310 g/mol. The molecule has 0 bridgehead atoms. The van der Waals surface area contributed by atoms with E-state index in [1.165, 1.54) is 11.1 Å². The lowest BCUT2D eigenvalue weighted by Gasteiger charge is -2.26. The highest BCUT2D eigenvalue weighted by Gasteiger charge is 2.27. The molecule has 0 aliphatic carbocycles. The van der Waals surface area contributed by atoms with Crippen molar-refractivity contribution in [2.45, 2.75) is 46.1 Å². The van der Waals surface area contributed by atoms with E-state index in [0.717, 1.165) is 24.2 Å². The number of amides is 1. The van der Waals surface area contributed by atoms with Crippen molar-refractivity contribution in [3.63, 3.8) is 0 Å². The molecule has 122 valence electrons. The van der Waals surface area contributed by atoms with Crippen LogP contribution in [0.2, 0.25) is 0 Å². The zero-order chi connectivity index (χ0) is 16.9. The Balaban J connectivity index is 2.01. The van der Waals surface area contributed by atoms with Gasteiger partial charge >= 0.3 is 0 Å². The molecular weight excluding hydrogens is 284 g/mol. The molecule has 2 rings (SSSR count). The van der Waals surface area contributed by atoms with E-state index >= 15 is 0 Å². The van der Waals surface area contributed by atoms with Gasteiger partial charge in [-0.2, -0.15) is 0 Å². The average Bonchev–Trinajstić information content (AvgIpc) is 2.51. The first-order valence-corrected chi connectivity index (χ1v) is 8.16. The fourth-order valence-corrected chi connectivity index (χ4v) is 2.39. The molecule has 3 nitrogen and oxygen atoms in total. The number of hydrogen-bond acceptors (Lipinski definition) is 2. The lowest BCUT2D eigenvalue weighted by Crippen LogP contribution is -2.44. The molecule has 0 fully saturated rings. The second-order valence-corrected chi connectivity index (χ2v) is 6.52. The maximum absolute atomic E-state index is 12.5. The van der Waals surface area contributed by atoms with Crippen molar-refractivity contribution in [1.82, 2.24) is 0 Å². The fraction of sp³-hybridized carbons (Fsp3) is 0.350. The molecular formula is C20H26N2O. The molecule has 0 aliphatic heterocycles. The summed E-state index contributed by atoms with van der Waals surface area (Å²) in [6.45, 7) is 7.97. The molecule has 0 heterocycles. The first-order chi connectivity index (χ1) is 10.9. The minimum absolute atomic E-state index is 0.0543. The average molecular weight is 310 g/mol. The molecule has 0 spiro atoms. The molecule has 0 saturated carbocycles. The predicted octanol–water partition coefficient (Wildman–Crippen LogP) is 4.78. The van der Waals surface area contributed by atoms with Crippen LogP contribution < -0.4 is 10.6 Å². The Labute approximate surface area is 139 Å². The van der Waals surface area contributed by atoms with Crippen LogP contribution in [0.3, 0.4) is 0 Å². The Morgan fingerprint density at radius 3 is 2.09 bits per heavy atom. The highest BCUT2D eigenvalue weighted by molar-refractivity contribution is 5.99. The van der Waals surface area contributed by atoms with Crippen LogP contribution in [0.1, 0.15) is 38.3 Å². The van der Waals surface area contributed by atoms with Crippen LogP contribution in [0.5, 0.6) is 0 Å². The lowest BCUT2D eigenvalue weighted by atomic mass is 10.0. The summed E-state index contributed by atoms with van der Waals surface area (Å²) in [4.78, 5) is 12.5. The number of anilines is 2. The molecule has 1 amide bonds. The first kappa shape index (κ1) is 17.1. The number of aryl methyl sites for hydroxylation is 2. The van der Waals surface area contributed by atoms with Crippen LogP contribution in [0.25, 0.3) is 0 Å². The largest absolute Gasteiger partial charge is 0.372 e. The number of benzene rings is 2. The Kier molecular flexibility index (Phi) is 5.43. The van der Waals surface area contributed by atoms with Gasteiger partial charge in [-0.25, -0.2) is 0 Å². The van der Waals surface area contributed by atoms with Crippen LogP contribution in [-0.2, 0) is 11.2 Å². The Morgan fingerprint density at radius 2 is 1.52 bits per heavy atom. The highest BCUT2D eigenvalue weighted by atomic mass is 16.2. The van der Waals surface area contributed by atoms with Crippen LogP contribution in [-0.4, -0.2) is 11.4 Å². The number of carbonyl (C=O) groups is 1. The summed E-state index contributed by atoms with van der Waals surface area (Å²) in [5, 5.41) is 6.27. The molecule has 0 saturated heterocycles. The Morgan fingerprint density at radius 1 is 0.957 bits per heavy atom. The van der Waals surface area contributed by atoms with Gasteiger partial charge in [0.1, 0.15) is 5.54 Å². The Bertz CT molecular complexity index is 642. The van der Waals surface area contributed by atoms with Crippen LogP contribution in [0.15, 0.2) is 48.5 Å². The molecule has 0 radical (unpaired) electrons. The topological polar surface area (TPSA) is 41.1 Å². The van der Waals surface area contributed by atoms with Crippen LogP contribution in [0.4, 0.5) is 11.4 Å². The molecule has 2 aromatic carbocycles. The third-order valence-electron chi connectivity index (χ3n) is 3.83. The molecule has 0 aliphatic rings. The molecule has 3 heteroatoms. The van der Waals surface area contributed by atoms with Gasteiger partial charge in [-0.1, -0.05) is 43.2 Å². The highest BCUT2D eigenvalue weighted by Crippen LogP contribution is 2.18. The predicted molar refractivity (Wildman–Crippen MR) is 97.9 cm³/mol. The van der Waals surface area contributed by atoms with Gasteiger partial charge in [-0.05, 0) is 57.0 Å². The molecule has 23 heavy (non-hydrogen) atoms. The molecule has 2 N–H and O–H groups in total. The van der Waals surface area contributed by atoms with Gasteiger partial charge in [0.2, 0.25) is 5.91 Å². The summed E-state index contributed by atoms with van der Waals surface area (Å²) in [5.41, 5.74) is 3.56. The standard InChI is InChI=1S/C20H26N2O/c1-5-6-16-9-13-17(14-10-16)21-19(23)20(3,4)22-18-11-7-15(2)8-12-18/h7-14,22H,5-6H2,1-4H3,(H,21,23). The van der Waals surface area contributed by atoms with Gasteiger partial charge in [0, 0.05) is 11.4 Å². The van der Waals surface area contributed by atoms with Crippen LogP contribution in [0, 0.1) is 6.92 Å². The number of nitrogens with one attached hydrogen (secondary N) is 2. The van der Waals surface area contributed by atoms with E-state index in [0.29, 0.717) is 0 Å². The smallest absolute Gasteiger partial charge is 0.249 e. The van der Waals surface area contributed by atoms with Gasteiger partial charge in [0.05, 0.1) is 0 Å². The number of hydrogen-bond donors (Lipinski definition) is 2. The maximum atomic E-state index is 12.5. The van der Waals surface area contributed by atoms with Gasteiger partial charge in [0.15, 0.2) is 0 Å². The number of carbonyl (C=O) groups excluding carboxylic acids is 1. The third kappa shape index (κ3) is 4.85. The van der Waals surface area contributed by atoms with E-state index < -0.39 is 5.54 Å². The lowest BCUT2D eigenvalue weighted by molar-refractivity contribution is -0.119. The molecule has 0 unspecified atom stereocenters. The summed E-state index contributed by atoms with van der Waals surface area (Å²) >= 11 is 0. The van der Waals surface area contributed by atoms with E-state index in [-0.39, 0.29) is 5.91 Å². The van der Waals surface area contributed by atoms with Crippen molar-refractivity contribution in [3.8, 4) is 0 Å². The minimum atomic E-state index is -0.697. The summed E-state index contributed by atoms with van der Waals surface area (Å²) in [7, 11) is 0. The quantitative estimate of drug-likeness (QED) is 0.806. The fourth-order valence-electron chi connectivity index (χ4n) is 2.39. The normalized spacial score (nSPS) is 11.1. The van der Waals surface area contributed by atoms with Gasteiger partial charge in [0.25, 0.3) is 0 Å². The van der Waals surface area contributed by atoms with Gasteiger partial charge in [-0.15, -0.1) is 0 Å². The summed E-state index contributed by atoms with van der Waals surface area (Å²) < 4.78 is 0. The van der Waals surface area contributed by atoms with Crippen molar-refractivity contribution in [3.05, 3.63) is 59.7 Å². The van der Waals surface area contributed by atoms with Crippen LogP contribution >= 0.6 is 0 Å². The van der Waals surface area contributed by atoms with E-state index in [2.05, 4.69) is 29.7 Å². The molecule has 0 atom stereocenters. The van der Waals surface area contributed by atoms with Crippen molar-refractivity contribution in [2.75, 3.05) is 10.6 Å². The second-order valence-electron chi connectivity index (χ2n) is 6.52. The molecule has 0 aromatic heterocycles. The summed E-state index contributed by atoms with van der Waals surface area (Å²) in [6, 6.07) is 16.1. The number of rotatable bonds is 6.